The lowest BCUT2D eigenvalue weighted by atomic mass is 10.2. The van der Waals surface area contributed by atoms with Crippen molar-refractivity contribution >= 4 is 17.6 Å². The van der Waals surface area contributed by atoms with Gasteiger partial charge in [-0.05, 0) is 17.7 Å². The van der Waals surface area contributed by atoms with E-state index in [1.54, 1.807) is 7.05 Å². The van der Waals surface area contributed by atoms with Gasteiger partial charge in [-0.1, -0.05) is 23.7 Å². The lowest BCUT2D eigenvalue weighted by Gasteiger charge is -2.07. The lowest BCUT2D eigenvalue weighted by Crippen LogP contribution is -2.40. The number of benzene rings is 1. The van der Waals surface area contributed by atoms with Gasteiger partial charge in [0.25, 0.3) is 0 Å². The highest BCUT2D eigenvalue weighted by atomic mass is 35.5. The van der Waals surface area contributed by atoms with Crippen molar-refractivity contribution in [2.75, 3.05) is 7.05 Å². The Labute approximate surface area is 88.1 Å². The average Bonchev–Trinajstić information content (AvgIpc) is 2.19. The summed E-state index contributed by atoms with van der Waals surface area (Å²) in [5.74, 6) is 5.75. The first-order valence-electron chi connectivity index (χ1n) is 4.18. The van der Waals surface area contributed by atoms with Crippen LogP contribution in [0.1, 0.15) is 5.56 Å². The first-order chi connectivity index (χ1) is 6.76. The van der Waals surface area contributed by atoms with Gasteiger partial charge in [0.1, 0.15) is 0 Å². The summed E-state index contributed by atoms with van der Waals surface area (Å²) in [5.41, 5.74) is 3.52. The fourth-order valence-corrected chi connectivity index (χ4v) is 1.24. The third-order valence-corrected chi connectivity index (χ3v) is 1.94. The van der Waals surface area contributed by atoms with Crippen molar-refractivity contribution in [2.45, 2.75) is 6.54 Å². The van der Waals surface area contributed by atoms with Crippen molar-refractivity contribution in [2.24, 2.45) is 10.8 Å². The van der Waals surface area contributed by atoms with E-state index in [2.05, 4.69) is 15.7 Å². The first-order valence-corrected chi connectivity index (χ1v) is 4.55. The van der Waals surface area contributed by atoms with Crippen molar-refractivity contribution in [1.29, 1.82) is 0 Å². The SMILES string of the molecule is CN=C(NN)NCc1cccc(Cl)c1. The minimum atomic E-state index is 0.546. The highest BCUT2D eigenvalue weighted by Crippen LogP contribution is 2.09. The maximum absolute atomic E-state index is 5.83. The van der Waals surface area contributed by atoms with Crippen LogP contribution in [-0.2, 0) is 6.54 Å². The molecule has 0 fully saturated rings. The van der Waals surface area contributed by atoms with Crippen LogP contribution in [0, 0.1) is 0 Å². The van der Waals surface area contributed by atoms with Crippen LogP contribution in [0.2, 0.25) is 5.02 Å². The first kappa shape index (κ1) is 10.8. The van der Waals surface area contributed by atoms with Crippen LogP contribution in [0.5, 0.6) is 0 Å². The van der Waals surface area contributed by atoms with Gasteiger partial charge in [-0.25, -0.2) is 5.84 Å². The van der Waals surface area contributed by atoms with Gasteiger partial charge in [0.15, 0.2) is 0 Å². The average molecular weight is 213 g/mol. The van der Waals surface area contributed by atoms with E-state index in [4.69, 9.17) is 17.4 Å². The van der Waals surface area contributed by atoms with Gasteiger partial charge in [-0.3, -0.25) is 10.4 Å². The number of hydrogen-bond acceptors (Lipinski definition) is 2. The molecule has 0 heterocycles. The molecule has 0 aliphatic rings. The summed E-state index contributed by atoms with van der Waals surface area (Å²) >= 11 is 5.83. The third kappa shape index (κ3) is 3.24. The lowest BCUT2D eigenvalue weighted by molar-refractivity contribution is 0.840. The Morgan fingerprint density at radius 1 is 1.57 bits per heavy atom. The molecule has 0 saturated carbocycles. The molecule has 0 aromatic heterocycles. The molecule has 0 spiro atoms. The molecule has 76 valence electrons. The maximum Gasteiger partial charge on any atom is 0.205 e. The van der Waals surface area contributed by atoms with E-state index in [9.17, 15) is 0 Å². The molecule has 0 amide bonds. The fraction of sp³-hybridized carbons (Fsp3) is 0.222. The Morgan fingerprint density at radius 3 is 2.93 bits per heavy atom. The number of guanidine groups is 1. The topological polar surface area (TPSA) is 62.4 Å². The van der Waals surface area contributed by atoms with Crippen LogP contribution in [0.15, 0.2) is 29.3 Å². The highest BCUT2D eigenvalue weighted by Gasteiger charge is 1.96. The number of rotatable bonds is 2. The smallest absolute Gasteiger partial charge is 0.205 e. The number of hydrogen-bond donors (Lipinski definition) is 3. The van der Waals surface area contributed by atoms with Gasteiger partial charge >= 0.3 is 0 Å². The Morgan fingerprint density at radius 2 is 2.36 bits per heavy atom. The van der Waals surface area contributed by atoms with Gasteiger partial charge in [0.05, 0.1) is 0 Å². The van der Waals surface area contributed by atoms with Crippen molar-refractivity contribution < 1.29 is 0 Å². The van der Waals surface area contributed by atoms with Crippen LogP contribution in [0.25, 0.3) is 0 Å². The van der Waals surface area contributed by atoms with E-state index in [1.807, 2.05) is 24.3 Å². The normalized spacial score (nSPS) is 11.2. The molecule has 4 nitrogen and oxygen atoms in total. The molecule has 4 N–H and O–H groups in total. The van der Waals surface area contributed by atoms with Crippen LogP contribution in [0.4, 0.5) is 0 Å². The number of nitrogens with one attached hydrogen (secondary N) is 2. The number of aliphatic imine (C=N–C) groups is 1. The third-order valence-electron chi connectivity index (χ3n) is 1.71. The van der Waals surface area contributed by atoms with Gasteiger partial charge in [0.2, 0.25) is 5.96 Å². The molecule has 0 radical (unpaired) electrons. The molecule has 0 bridgehead atoms. The summed E-state index contributed by atoms with van der Waals surface area (Å²) in [7, 11) is 1.65. The highest BCUT2D eigenvalue weighted by molar-refractivity contribution is 6.30. The summed E-state index contributed by atoms with van der Waals surface area (Å²) in [5, 5.41) is 3.74. The molecule has 14 heavy (non-hydrogen) atoms. The second kappa shape index (κ2) is 5.47. The maximum atomic E-state index is 5.83. The van der Waals surface area contributed by atoms with Crippen molar-refractivity contribution in [3.8, 4) is 0 Å². The molecule has 5 heteroatoms. The summed E-state index contributed by atoms with van der Waals surface area (Å²) < 4.78 is 0. The predicted molar refractivity (Wildman–Crippen MR) is 59.0 cm³/mol. The van der Waals surface area contributed by atoms with E-state index < -0.39 is 0 Å². The van der Waals surface area contributed by atoms with Gasteiger partial charge in [0, 0.05) is 18.6 Å². The monoisotopic (exact) mass is 212 g/mol. The Bertz CT molecular complexity index is 324. The molecule has 0 saturated heterocycles. The molecular weight excluding hydrogens is 200 g/mol. The number of halogens is 1. The molecule has 0 aliphatic carbocycles. The van der Waals surface area contributed by atoms with Crippen LogP contribution < -0.4 is 16.6 Å². The van der Waals surface area contributed by atoms with E-state index in [-0.39, 0.29) is 0 Å². The standard InChI is InChI=1S/C9H13ClN4/c1-12-9(14-11)13-6-7-3-2-4-8(10)5-7/h2-5H,6,11H2,1H3,(H2,12,13,14). The summed E-state index contributed by atoms with van der Waals surface area (Å²) in [6.07, 6.45) is 0. The predicted octanol–water partition coefficient (Wildman–Crippen LogP) is 0.879. The Hall–Kier alpha value is -1.26. The fourth-order valence-electron chi connectivity index (χ4n) is 1.03. The molecule has 0 aliphatic heterocycles. The summed E-state index contributed by atoms with van der Waals surface area (Å²) in [4.78, 5) is 3.88. The van der Waals surface area contributed by atoms with E-state index in [1.165, 1.54) is 0 Å². The van der Waals surface area contributed by atoms with E-state index >= 15 is 0 Å². The van der Waals surface area contributed by atoms with Gasteiger partial charge in [-0.15, -0.1) is 0 Å². The molecule has 0 unspecified atom stereocenters. The molecule has 1 rings (SSSR count). The van der Waals surface area contributed by atoms with Crippen molar-refractivity contribution in [1.82, 2.24) is 10.7 Å². The molecule has 1 aromatic carbocycles. The second-order valence-corrected chi connectivity index (χ2v) is 3.14. The number of hydrazine groups is 1. The Balaban J connectivity index is 2.53. The van der Waals surface area contributed by atoms with Crippen LogP contribution >= 0.6 is 11.6 Å². The van der Waals surface area contributed by atoms with E-state index in [0.717, 1.165) is 10.6 Å². The Kier molecular flexibility index (Phi) is 4.22. The van der Waals surface area contributed by atoms with Crippen molar-refractivity contribution in [3.63, 3.8) is 0 Å². The number of nitrogens with two attached hydrogens (primary N) is 1. The zero-order valence-corrected chi connectivity index (χ0v) is 8.67. The molecular formula is C9H13ClN4. The molecule has 1 aromatic rings. The second-order valence-electron chi connectivity index (χ2n) is 2.70. The summed E-state index contributed by atoms with van der Waals surface area (Å²) in [6, 6.07) is 7.60. The van der Waals surface area contributed by atoms with Crippen molar-refractivity contribution in [3.05, 3.63) is 34.9 Å². The van der Waals surface area contributed by atoms with E-state index in [0.29, 0.717) is 12.5 Å². The minimum absolute atomic E-state index is 0.546. The summed E-state index contributed by atoms with van der Waals surface area (Å²) in [6.45, 7) is 0.636. The largest absolute Gasteiger partial charge is 0.351 e. The zero-order valence-electron chi connectivity index (χ0n) is 7.92. The number of nitrogens with zero attached hydrogens (tertiary/aromatic N) is 1. The van der Waals surface area contributed by atoms with Gasteiger partial charge in [-0.2, -0.15) is 0 Å². The van der Waals surface area contributed by atoms with Crippen LogP contribution in [0.3, 0.4) is 0 Å². The van der Waals surface area contributed by atoms with Crippen LogP contribution in [-0.4, -0.2) is 13.0 Å². The van der Waals surface area contributed by atoms with Gasteiger partial charge < -0.3 is 5.32 Å². The minimum Gasteiger partial charge on any atom is -0.351 e. The molecule has 0 atom stereocenters. The quantitative estimate of drug-likeness (QED) is 0.295. The zero-order chi connectivity index (χ0) is 10.4.